The number of allylic oxidation sites excluding steroid dienone is 1. The molecule has 0 N–H and O–H groups in total. The lowest BCUT2D eigenvalue weighted by molar-refractivity contribution is -0.129. The molecule has 0 aromatic rings. The number of nitrogens with zero attached hydrogens (tertiary/aromatic N) is 1. The molecule has 5 aliphatic rings. The van der Waals surface area contributed by atoms with E-state index in [4.69, 9.17) is 10.7 Å². The lowest BCUT2D eigenvalue weighted by Gasteiger charge is -2.25. The number of carbonyl (C=O) groups excluding carboxylic acids is 1. The second-order valence-corrected chi connectivity index (χ2v) is 7.17. The van der Waals surface area contributed by atoms with E-state index < -0.39 is 9.24 Å². The molecule has 1 heterocycles. The number of carbonyl (C=O) groups is 1. The van der Waals surface area contributed by atoms with Gasteiger partial charge in [0.25, 0.3) is 0 Å². The van der Waals surface area contributed by atoms with E-state index in [0.717, 1.165) is 4.31 Å². The number of rotatable bonds is 1. The first-order valence-electron chi connectivity index (χ1n) is 4.98. The highest BCUT2D eigenvalue weighted by molar-refractivity contribution is 8.12. The van der Waals surface area contributed by atoms with Gasteiger partial charge in [-0.2, -0.15) is 8.42 Å². The second kappa shape index (κ2) is 2.11. The summed E-state index contributed by atoms with van der Waals surface area (Å²) in [5.74, 6) is 0.892. The summed E-state index contributed by atoms with van der Waals surface area (Å²) in [6.07, 6.45) is 4.13. The predicted octanol–water partition coefficient (Wildman–Crippen LogP) is 0.359. The Bertz CT molecular complexity index is 513. The van der Waals surface area contributed by atoms with Crippen molar-refractivity contribution < 1.29 is 13.2 Å². The average Bonchev–Trinajstić information content (AvgIpc) is 2.71. The van der Waals surface area contributed by atoms with Crippen LogP contribution in [0, 0.1) is 29.6 Å². The Hall–Kier alpha value is -0.550. The van der Waals surface area contributed by atoms with Gasteiger partial charge >= 0.3 is 9.24 Å². The van der Waals surface area contributed by atoms with Crippen molar-refractivity contribution in [2.24, 2.45) is 29.6 Å². The Balaban J connectivity index is 1.90. The zero-order chi connectivity index (χ0) is 10.5. The molecule has 2 unspecified atom stereocenters. The van der Waals surface area contributed by atoms with Gasteiger partial charge in [0.1, 0.15) is 0 Å². The fourth-order valence-electron chi connectivity index (χ4n) is 3.98. The van der Waals surface area contributed by atoms with Crippen LogP contribution >= 0.6 is 10.7 Å². The van der Waals surface area contributed by atoms with Crippen LogP contribution in [0.4, 0.5) is 0 Å². The molecule has 6 bridgehead atoms. The predicted molar refractivity (Wildman–Crippen MR) is 52.0 cm³/mol. The maximum absolute atomic E-state index is 11.9. The van der Waals surface area contributed by atoms with Gasteiger partial charge in [0.2, 0.25) is 5.91 Å². The summed E-state index contributed by atoms with van der Waals surface area (Å²) in [6.45, 7) is 0. The van der Waals surface area contributed by atoms with Gasteiger partial charge in [0.05, 0.1) is 12.0 Å². The van der Waals surface area contributed by atoms with Gasteiger partial charge in [-0.25, -0.2) is 4.31 Å². The molecule has 0 aromatic carbocycles. The highest BCUT2D eigenvalue weighted by Gasteiger charge is 2.77. The standard InChI is InChI=1S/C9H8ClNO3S/c10-15(13,14)11-8-4-2-1-3-5(6(3)8)7(4)9(11)12/h1-8H/t3-,4-,5?,6?,7+,8-/m0/s1. The van der Waals surface area contributed by atoms with Crippen LogP contribution in [-0.4, -0.2) is 24.7 Å². The van der Waals surface area contributed by atoms with Gasteiger partial charge in [-0.1, -0.05) is 12.2 Å². The summed E-state index contributed by atoms with van der Waals surface area (Å²) in [5, 5.41) is 0. The summed E-state index contributed by atoms with van der Waals surface area (Å²) < 4.78 is 23.6. The molecule has 1 amide bonds. The average molecular weight is 246 g/mol. The monoisotopic (exact) mass is 245 g/mol. The van der Waals surface area contributed by atoms with Crippen molar-refractivity contribution in [2.75, 3.05) is 0 Å². The maximum atomic E-state index is 11.9. The van der Waals surface area contributed by atoms with E-state index in [2.05, 4.69) is 6.08 Å². The zero-order valence-electron chi connectivity index (χ0n) is 7.58. The van der Waals surface area contributed by atoms with E-state index >= 15 is 0 Å². The molecule has 2 saturated carbocycles. The van der Waals surface area contributed by atoms with Crippen molar-refractivity contribution in [3.8, 4) is 0 Å². The largest absolute Gasteiger partial charge is 0.324 e. The van der Waals surface area contributed by atoms with Gasteiger partial charge < -0.3 is 0 Å². The van der Waals surface area contributed by atoms with Crippen LogP contribution in [0.3, 0.4) is 0 Å². The Kier molecular flexibility index (Phi) is 1.21. The Morgan fingerprint density at radius 1 is 1.20 bits per heavy atom. The van der Waals surface area contributed by atoms with Crippen LogP contribution < -0.4 is 0 Å². The van der Waals surface area contributed by atoms with Crippen LogP contribution in [0.25, 0.3) is 0 Å². The lowest BCUT2D eigenvalue weighted by Crippen LogP contribution is -2.41. The van der Waals surface area contributed by atoms with Crippen molar-refractivity contribution in [1.82, 2.24) is 4.31 Å². The molecule has 1 saturated heterocycles. The minimum Gasteiger partial charge on any atom is -0.273 e. The third kappa shape index (κ3) is 0.751. The van der Waals surface area contributed by atoms with Gasteiger partial charge in [-0.3, -0.25) is 4.79 Å². The Labute approximate surface area is 91.4 Å². The van der Waals surface area contributed by atoms with Crippen molar-refractivity contribution >= 4 is 25.8 Å². The lowest BCUT2D eigenvalue weighted by atomic mass is 9.84. The van der Waals surface area contributed by atoms with Crippen LogP contribution in [0.2, 0.25) is 0 Å². The van der Waals surface area contributed by atoms with Gasteiger partial charge in [0.15, 0.2) is 0 Å². The first-order chi connectivity index (χ1) is 7.02. The Morgan fingerprint density at radius 2 is 1.87 bits per heavy atom. The first kappa shape index (κ1) is 8.58. The van der Waals surface area contributed by atoms with Crippen LogP contribution in [0.5, 0.6) is 0 Å². The molecule has 3 fully saturated rings. The number of piperidine rings is 1. The molecule has 0 aromatic heterocycles. The number of hydrogen-bond donors (Lipinski definition) is 0. The van der Waals surface area contributed by atoms with Crippen molar-refractivity contribution in [3.63, 3.8) is 0 Å². The molecular weight excluding hydrogens is 238 g/mol. The molecule has 0 spiro atoms. The minimum atomic E-state index is -3.89. The smallest absolute Gasteiger partial charge is 0.273 e. The highest BCUT2D eigenvalue weighted by Crippen LogP contribution is 2.71. The summed E-state index contributed by atoms with van der Waals surface area (Å²) in [5.41, 5.74) is 0. The van der Waals surface area contributed by atoms with E-state index in [0.29, 0.717) is 17.8 Å². The summed E-state index contributed by atoms with van der Waals surface area (Å²) in [7, 11) is 1.41. The van der Waals surface area contributed by atoms with Crippen LogP contribution in [-0.2, 0) is 14.0 Å². The minimum absolute atomic E-state index is 0.0889. The number of amides is 1. The molecule has 4 aliphatic carbocycles. The Morgan fingerprint density at radius 3 is 2.47 bits per heavy atom. The van der Waals surface area contributed by atoms with E-state index in [1.807, 2.05) is 6.08 Å². The third-order valence-corrected chi connectivity index (χ3v) is 5.71. The molecule has 15 heavy (non-hydrogen) atoms. The van der Waals surface area contributed by atoms with Crippen LogP contribution in [0.15, 0.2) is 12.2 Å². The number of hydrogen-bond acceptors (Lipinski definition) is 3. The molecule has 0 radical (unpaired) electrons. The maximum Gasteiger partial charge on any atom is 0.324 e. The zero-order valence-corrected chi connectivity index (χ0v) is 9.15. The van der Waals surface area contributed by atoms with Crippen molar-refractivity contribution in [3.05, 3.63) is 12.2 Å². The van der Waals surface area contributed by atoms with E-state index in [1.165, 1.54) is 0 Å². The quantitative estimate of drug-likeness (QED) is 0.495. The normalized spacial score (nSPS) is 53.9. The molecule has 6 heteroatoms. The first-order valence-corrected chi connectivity index (χ1v) is 7.24. The summed E-state index contributed by atoms with van der Waals surface area (Å²) >= 11 is 0. The van der Waals surface area contributed by atoms with Crippen LogP contribution in [0.1, 0.15) is 0 Å². The summed E-state index contributed by atoms with van der Waals surface area (Å²) in [6, 6.07) is -0.176. The van der Waals surface area contributed by atoms with Gasteiger partial charge in [-0.15, -0.1) is 0 Å². The fraction of sp³-hybridized carbons (Fsp3) is 0.667. The molecular formula is C9H8ClNO3S. The molecule has 1 aliphatic heterocycles. The summed E-state index contributed by atoms with van der Waals surface area (Å²) in [4.78, 5) is 11.9. The SMILES string of the molecule is O=C1[C@H]2C3C4[C@H]3C=C[C@@H]2[C@@H]4N1S(=O)(=O)Cl. The second-order valence-electron chi connectivity index (χ2n) is 4.79. The van der Waals surface area contributed by atoms with Crippen molar-refractivity contribution in [1.29, 1.82) is 0 Å². The van der Waals surface area contributed by atoms with Crippen molar-refractivity contribution in [2.45, 2.75) is 6.04 Å². The number of halogens is 1. The molecule has 4 nitrogen and oxygen atoms in total. The van der Waals surface area contributed by atoms with Gasteiger partial charge in [-0.05, 0) is 17.8 Å². The topological polar surface area (TPSA) is 54.5 Å². The molecule has 80 valence electrons. The van der Waals surface area contributed by atoms with E-state index in [1.54, 1.807) is 0 Å². The van der Waals surface area contributed by atoms with Gasteiger partial charge in [0, 0.05) is 16.6 Å². The van der Waals surface area contributed by atoms with E-state index in [9.17, 15) is 13.2 Å². The third-order valence-electron chi connectivity index (χ3n) is 4.37. The fourth-order valence-corrected chi connectivity index (χ4v) is 5.37. The highest BCUT2D eigenvalue weighted by atomic mass is 35.7. The van der Waals surface area contributed by atoms with E-state index in [-0.39, 0.29) is 23.8 Å². The molecule has 5 rings (SSSR count). The molecule has 6 atom stereocenters.